The lowest BCUT2D eigenvalue weighted by molar-refractivity contribution is 0.000830. The van der Waals surface area contributed by atoms with Gasteiger partial charge in [0.1, 0.15) is 0 Å². The van der Waals surface area contributed by atoms with E-state index >= 15 is 0 Å². The normalized spacial score (nSPS) is 20.6. The molecule has 0 radical (unpaired) electrons. The second kappa shape index (κ2) is 10.6. The van der Waals surface area contributed by atoms with Crippen LogP contribution < -0.4 is 14.8 Å². The van der Waals surface area contributed by atoms with E-state index in [0.717, 1.165) is 45.9 Å². The second-order valence-electron chi connectivity index (χ2n) is 6.97. The summed E-state index contributed by atoms with van der Waals surface area (Å²) in [4.78, 5) is 17.5. The number of amides is 1. The number of ether oxygens (including phenoxy) is 4. The molecule has 1 aromatic carbocycles. The van der Waals surface area contributed by atoms with E-state index in [4.69, 9.17) is 18.9 Å². The molecule has 1 unspecified atom stereocenters. The molecule has 0 spiro atoms. The average molecular weight is 393 g/mol. The largest absolute Gasteiger partial charge is 0.493 e. The summed E-state index contributed by atoms with van der Waals surface area (Å²) in [5.74, 6) is 1.14. The van der Waals surface area contributed by atoms with Crippen molar-refractivity contribution in [2.45, 2.75) is 6.10 Å². The summed E-state index contributed by atoms with van der Waals surface area (Å²) in [6, 6.07) is 5.29. The highest BCUT2D eigenvalue weighted by Crippen LogP contribution is 2.28. The Bertz CT molecular complexity index is 630. The maximum Gasteiger partial charge on any atom is 0.254 e. The maximum atomic E-state index is 13.3. The van der Waals surface area contributed by atoms with Crippen LogP contribution in [0.25, 0.3) is 0 Å². The van der Waals surface area contributed by atoms with Crippen LogP contribution in [0.4, 0.5) is 0 Å². The minimum Gasteiger partial charge on any atom is -0.493 e. The minimum absolute atomic E-state index is 0.00235. The highest BCUT2D eigenvalue weighted by atomic mass is 16.5. The Morgan fingerprint density at radius 1 is 1.21 bits per heavy atom. The monoisotopic (exact) mass is 393 g/mol. The Labute approximate surface area is 166 Å². The van der Waals surface area contributed by atoms with Gasteiger partial charge in [-0.25, -0.2) is 0 Å². The fourth-order valence-corrected chi connectivity index (χ4v) is 3.50. The molecule has 2 saturated heterocycles. The third-order valence-corrected chi connectivity index (χ3v) is 5.14. The van der Waals surface area contributed by atoms with Gasteiger partial charge >= 0.3 is 0 Å². The molecule has 1 N–H and O–H groups in total. The Morgan fingerprint density at radius 2 is 2.00 bits per heavy atom. The first kappa shape index (κ1) is 20.9. The van der Waals surface area contributed by atoms with Crippen LogP contribution in [-0.2, 0) is 9.47 Å². The standard InChI is InChI=1S/C20H31N3O5/c1-25-18-4-3-16(13-19(18)26-2)20(24)23(15-17-14-21-5-10-28-17)7-6-22-8-11-27-12-9-22/h3-4,13,17,21H,5-12,14-15H2,1-2H3. The van der Waals surface area contributed by atoms with Crippen LogP contribution in [0.2, 0.25) is 0 Å². The second-order valence-corrected chi connectivity index (χ2v) is 6.97. The van der Waals surface area contributed by atoms with Gasteiger partial charge in [-0.15, -0.1) is 0 Å². The van der Waals surface area contributed by atoms with E-state index in [-0.39, 0.29) is 12.0 Å². The Hall–Kier alpha value is -1.87. The number of methoxy groups -OCH3 is 2. The number of nitrogens with one attached hydrogen (secondary N) is 1. The van der Waals surface area contributed by atoms with E-state index in [2.05, 4.69) is 10.2 Å². The summed E-state index contributed by atoms with van der Waals surface area (Å²) in [6.45, 7) is 7.62. The number of hydrogen-bond donors (Lipinski definition) is 1. The van der Waals surface area contributed by atoms with Gasteiger partial charge in [0.2, 0.25) is 0 Å². The van der Waals surface area contributed by atoms with E-state index in [9.17, 15) is 4.79 Å². The molecule has 2 aliphatic heterocycles. The molecule has 3 rings (SSSR count). The zero-order chi connectivity index (χ0) is 19.8. The van der Waals surface area contributed by atoms with E-state index in [1.807, 2.05) is 4.90 Å². The van der Waals surface area contributed by atoms with Gasteiger partial charge in [-0.2, -0.15) is 0 Å². The number of rotatable bonds is 8. The lowest BCUT2D eigenvalue weighted by atomic mass is 10.1. The fourth-order valence-electron chi connectivity index (χ4n) is 3.50. The van der Waals surface area contributed by atoms with Crippen LogP contribution in [-0.4, -0.2) is 102 Å². The van der Waals surface area contributed by atoms with Crippen molar-refractivity contribution in [3.63, 3.8) is 0 Å². The van der Waals surface area contributed by atoms with Gasteiger partial charge in [-0.05, 0) is 18.2 Å². The zero-order valence-electron chi connectivity index (χ0n) is 16.8. The SMILES string of the molecule is COc1ccc(C(=O)N(CCN2CCOCC2)CC2CNCCO2)cc1OC. The van der Waals surface area contributed by atoms with Crippen LogP contribution in [0, 0.1) is 0 Å². The van der Waals surface area contributed by atoms with Crippen molar-refractivity contribution in [2.24, 2.45) is 0 Å². The van der Waals surface area contributed by atoms with Gasteiger partial charge in [-0.1, -0.05) is 0 Å². The molecule has 8 heteroatoms. The predicted molar refractivity (Wildman–Crippen MR) is 105 cm³/mol. The van der Waals surface area contributed by atoms with E-state index in [0.29, 0.717) is 36.8 Å². The predicted octanol–water partition coefficient (Wildman–Crippen LogP) is 0.467. The van der Waals surface area contributed by atoms with Gasteiger partial charge in [0, 0.05) is 51.4 Å². The highest BCUT2D eigenvalue weighted by Gasteiger charge is 2.24. The van der Waals surface area contributed by atoms with Gasteiger partial charge in [-0.3, -0.25) is 9.69 Å². The number of benzene rings is 1. The van der Waals surface area contributed by atoms with Crippen molar-refractivity contribution in [3.8, 4) is 11.5 Å². The molecule has 1 amide bonds. The van der Waals surface area contributed by atoms with E-state index < -0.39 is 0 Å². The zero-order valence-corrected chi connectivity index (χ0v) is 16.8. The Morgan fingerprint density at radius 3 is 2.68 bits per heavy atom. The van der Waals surface area contributed by atoms with Crippen molar-refractivity contribution in [3.05, 3.63) is 23.8 Å². The van der Waals surface area contributed by atoms with Crippen molar-refractivity contribution in [2.75, 3.05) is 79.9 Å². The molecule has 0 aromatic heterocycles. The van der Waals surface area contributed by atoms with Crippen LogP contribution in [0.3, 0.4) is 0 Å². The third-order valence-electron chi connectivity index (χ3n) is 5.14. The molecule has 156 valence electrons. The van der Waals surface area contributed by atoms with Crippen LogP contribution >= 0.6 is 0 Å². The van der Waals surface area contributed by atoms with Crippen molar-refractivity contribution in [1.29, 1.82) is 0 Å². The summed E-state index contributed by atoms with van der Waals surface area (Å²) in [7, 11) is 3.16. The summed E-state index contributed by atoms with van der Waals surface area (Å²) >= 11 is 0. The van der Waals surface area contributed by atoms with Crippen molar-refractivity contribution < 1.29 is 23.7 Å². The van der Waals surface area contributed by atoms with Crippen molar-refractivity contribution >= 4 is 5.91 Å². The van der Waals surface area contributed by atoms with Crippen LogP contribution in [0.5, 0.6) is 11.5 Å². The molecule has 0 aliphatic carbocycles. The Kier molecular flexibility index (Phi) is 7.90. The summed E-state index contributed by atoms with van der Waals surface area (Å²) in [5.41, 5.74) is 0.586. The van der Waals surface area contributed by atoms with E-state index in [1.165, 1.54) is 0 Å². The molecule has 0 bridgehead atoms. The highest BCUT2D eigenvalue weighted by molar-refractivity contribution is 5.95. The number of hydrogen-bond acceptors (Lipinski definition) is 7. The Balaban J connectivity index is 1.70. The topological polar surface area (TPSA) is 72.5 Å². The quantitative estimate of drug-likeness (QED) is 0.688. The van der Waals surface area contributed by atoms with E-state index in [1.54, 1.807) is 32.4 Å². The number of carbonyl (C=O) groups excluding carboxylic acids is 1. The molecular formula is C20H31N3O5. The molecule has 1 aromatic rings. The molecule has 2 heterocycles. The first-order chi connectivity index (χ1) is 13.7. The molecule has 8 nitrogen and oxygen atoms in total. The first-order valence-electron chi connectivity index (χ1n) is 9.85. The lowest BCUT2D eigenvalue weighted by Gasteiger charge is -2.33. The van der Waals surface area contributed by atoms with Gasteiger partial charge in [0.25, 0.3) is 5.91 Å². The van der Waals surface area contributed by atoms with Crippen molar-refractivity contribution in [1.82, 2.24) is 15.1 Å². The molecule has 2 aliphatic rings. The number of morpholine rings is 2. The average Bonchev–Trinajstić information content (AvgIpc) is 2.77. The molecule has 0 saturated carbocycles. The molecular weight excluding hydrogens is 362 g/mol. The summed E-state index contributed by atoms with van der Waals surface area (Å²) in [6.07, 6.45) is 0.00235. The first-order valence-corrected chi connectivity index (χ1v) is 9.85. The number of nitrogens with zero attached hydrogens (tertiary/aromatic N) is 2. The third kappa shape index (κ3) is 5.57. The fraction of sp³-hybridized carbons (Fsp3) is 0.650. The molecule has 2 fully saturated rings. The molecule has 1 atom stereocenters. The smallest absolute Gasteiger partial charge is 0.254 e. The minimum atomic E-state index is -0.0246. The molecule has 28 heavy (non-hydrogen) atoms. The maximum absolute atomic E-state index is 13.3. The van der Waals surface area contributed by atoms with Crippen LogP contribution in [0.1, 0.15) is 10.4 Å². The summed E-state index contributed by atoms with van der Waals surface area (Å²) in [5, 5.41) is 3.33. The van der Waals surface area contributed by atoms with Gasteiger partial charge in [0.15, 0.2) is 11.5 Å². The summed E-state index contributed by atoms with van der Waals surface area (Å²) < 4.78 is 21.9. The number of carbonyl (C=O) groups is 1. The van der Waals surface area contributed by atoms with Gasteiger partial charge in [0.05, 0.1) is 40.1 Å². The van der Waals surface area contributed by atoms with Crippen LogP contribution in [0.15, 0.2) is 18.2 Å². The van der Waals surface area contributed by atoms with Gasteiger partial charge < -0.3 is 29.2 Å². The lowest BCUT2D eigenvalue weighted by Crippen LogP contribution is -2.49.